The van der Waals surface area contributed by atoms with Gasteiger partial charge in [-0.2, -0.15) is 11.3 Å². The maximum atomic E-state index is 12.0. The fourth-order valence-corrected chi connectivity index (χ4v) is 3.65. The number of carbonyl (C=O) groups is 1. The summed E-state index contributed by atoms with van der Waals surface area (Å²) in [7, 11) is 0. The molecule has 7 heteroatoms. The number of hydrogen-bond acceptors (Lipinski definition) is 7. The Morgan fingerprint density at radius 2 is 1.97 bits per heavy atom. The Kier molecular flexibility index (Phi) is 8.04. The molecule has 0 fully saturated rings. The van der Waals surface area contributed by atoms with Crippen molar-refractivity contribution in [3.63, 3.8) is 0 Å². The zero-order valence-corrected chi connectivity index (χ0v) is 18.4. The molecule has 0 saturated carbocycles. The molecule has 30 heavy (non-hydrogen) atoms. The van der Waals surface area contributed by atoms with Gasteiger partial charge < -0.3 is 18.6 Å². The molecule has 0 spiro atoms. The summed E-state index contributed by atoms with van der Waals surface area (Å²) in [4.78, 5) is 16.6. The van der Waals surface area contributed by atoms with Crippen molar-refractivity contribution in [1.82, 2.24) is 4.98 Å². The molecule has 0 radical (unpaired) electrons. The van der Waals surface area contributed by atoms with Crippen molar-refractivity contribution >= 4 is 17.3 Å². The van der Waals surface area contributed by atoms with Gasteiger partial charge in [0.15, 0.2) is 6.10 Å². The van der Waals surface area contributed by atoms with Crippen molar-refractivity contribution < 1.29 is 23.4 Å². The van der Waals surface area contributed by atoms with Gasteiger partial charge in [-0.05, 0) is 49.9 Å². The molecule has 0 saturated heterocycles. The highest BCUT2D eigenvalue weighted by molar-refractivity contribution is 7.08. The molecule has 3 aromatic rings. The number of oxazole rings is 1. The number of ether oxygens (including phenoxy) is 3. The Labute approximate surface area is 180 Å². The van der Waals surface area contributed by atoms with E-state index >= 15 is 0 Å². The first-order valence-electron chi connectivity index (χ1n) is 10.1. The molecule has 0 aliphatic heterocycles. The van der Waals surface area contributed by atoms with Gasteiger partial charge >= 0.3 is 5.97 Å². The number of carbonyl (C=O) groups excluding carboxylic acids is 1. The molecule has 3 rings (SSSR count). The number of nitrogens with zero attached hydrogens (tertiary/aromatic N) is 1. The van der Waals surface area contributed by atoms with Gasteiger partial charge in [-0.25, -0.2) is 9.78 Å². The van der Waals surface area contributed by atoms with E-state index in [1.807, 2.05) is 54.9 Å². The lowest BCUT2D eigenvalue weighted by atomic mass is 10.1. The molecule has 1 aromatic carbocycles. The molecule has 0 aliphatic rings. The molecular formula is C23H27NO5S. The monoisotopic (exact) mass is 429 g/mol. The standard InChI is InChI=1S/C23H27NO5S/c1-4-26-21(23(25)27-5-2)14-17-6-8-19(9-7-17)28-12-10-20-16(3)29-22(24-20)18-11-13-30-15-18/h6-9,11,13,15,21H,4-5,10,12,14H2,1-3H3/t21-/m0/s1. The highest BCUT2D eigenvalue weighted by Crippen LogP contribution is 2.24. The Morgan fingerprint density at radius 1 is 1.17 bits per heavy atom. The molecule has 0 bridgehead atoms. The first kappa shape index (κ1) is 22.1. The summed E-state index contributed by atoms with van der Waals surface area (Å²) < 4.78 is 22.2. The van der Waals surface area contributed by atoms with Crippen LogP contribution in [-0.2, 0) is 27.1 Å². The fourth-order valence-electron chi connectivity index (χ4n) is 3.02. The van der Waals surface area contributed by atoms with Gasteiger partial charge in [-0.1, -0.05) is 12.1 Å². The minimum atomic E-state index is -0.589. The lowest BCUT2D eigenvalue weighted by Gasteiger charge is -2.15. The van der Waals surface area contributed by atoms with Crippen LogP contribution >= 0.6 is 11.3 Å². The largest absolute Gasteiger partial charge is 0.493 e. The Morgan fingerprint density at radius 3 is 2.63 bits per heavy atom. The Bertz CT molecular complexity index is 918. The number of aryl methyl sites for hydroxylation is 1. The van der Waals surface area contributed by atoms with Gasteiger partial charge in [0.25, 0.3) is 0 Å². The molecule has 0 amide bonds. The summed E-state index contributed by atoms with van der Waals surface area (Å²) in [5, 5.41) is 4.02. The van der Waals surface area contributed by atoms with Crippen LogP contribution in [0.25, 0.3) is 11.5 Å². The van der Waals surface area contributed by atoms with Crippen molar-refractivity contribution in [2.24, 2.45) is 0 Å². The van der Waals surface area contributed by atoms with Crippen LogP contribution in [0.3, 0.4) is 0 Å². The van der Waals surface area contributed by atoms with E-state index in [-0.39, 0.29) is 5.97 Å². The second-order valence-electron chi connectivity index (χ2n) is 6.68. The van der Waals surface area contributed by atoms with E-state index < -0.39 is 6.10 Å². The van der Waals surface area contributed by atoms with E-state index in [9.17, 15) is 4.79 Å². The Hall–Kier alpha value is -2.64. The fraction of sp³-hybridized carbons (Fsp3) is 0.391. The highest BCUT2D eigenvalue weighted by atomic mass is 32.1. The predicted molar refractivity (Wildman–Crippen MR) is 116 cm³/mol. The second-order valence-corrected chi connectivity index (χ2v) is 7.46. The molecule has 1 atom stereocenters. The normalized spacial score (nSPS) is 12.0. The zero-order chi connectivity index (χ0) is 21.3. The van der Waals surface area contributed by atoms with Crippen molar-refractivity contribution in [3.05, 3.63) is 58.1 Å². The van der Waals surface area contributed by atoms with Crippen LogP contribution in [0.1, 0.15) is 30.9 Å². The third-order valence-corrected chi connectivity index (χ3v) is 5.21. The van der Waals surface area contributed by atoms with E-state index in [1.165, 1.54) is 0 Å². The number of benzene rings is 1. The molecule has 0 unspecified atom stereocenters. The van der Waals surface area contributed by atoms with Crippen molar-refractivity contribution in [2.75, 3.05) is 19.8 Å². The van der Waals surface area contributed by atoms with Gasteiger partial charge in [-0.3, -0.25) is 0 Å². The Balaban J connectivity index is 1.52. The minimum absolute atomic E-state index is 0.329. The van der Waals surface area contributed by atoms with Gasteiger partial charge in [0.05, 0.1) is 18.9 Å². The summed E-state index contributed by atoms with van der Waals surface area (Å²) in [6.45, 7) is 6.88. The number of thiophene rings is 1. The molecule has 0 aliphatic carbocycles. The quantitative estimate of drug-likeness (QED) is 0.406. The SMILES string of the molecule is CCOC(=O)[C@H](Cc1ccc(OCCc2nc(-c3ccsc3)oc2C)cc1)OCC. The highest BCUT2D eigenvalue weighted by Gasteiger charge is 2.20. The van der Waals surface area contributed by atoms with E-state index in [2.05, 4.69) is 4.98 Å². The molecule has 160 valence electrons. The summed E-state index contributed by atoms with van der Waals surface area (Å²) in [5.74, 6) is 1.90. The molecule has 6 nitrogen and oxygen atoms in total. The van der Waals surface area contributed by atoms with Crippen LogP contribution in [0.5, 0.6) is 5.75 Å². The first-order chi connectivity index (χ1) is 14.6. The predicted octanol–water partition coefficient (Wildman–Crippen LogP) is 4.84. The van der Waals surface area contributed by atoms with Gasteiger partial charge in [0, 0.05) is 30.4 Å². The molecule has 2 aromatic heterocycles. The summed E-state index contributed by atoms with van der Waals surface area (Å²) >= 11 is 1.62. The van der Waals surface area contributed by atoms with Gasteiger partial charge in [-0.15, -0.1) is 0 Å². The maximum Gasteiger partial charge on any atom is 0.335 e. The smallest absolute Gasteiger partial charge is 0.335 e. The summed E-state index contributed by atoms with van der Waals surface area (Å²) in [5.41, 5.74) is 2.89. The molecule has 0 N–H and O–H groups in total. The number of esters is 1. The van der Waals surface area contributed by atoms with Crippen molar-refractivity contribution in [2.45, 2.75) is 39.7 Å². The summed E-state index contributed by atoms with van der Waals surface area (Å²) in [6.07, 6.45) is 0.543. The second kappa shape index (κ2) is 10.9. The third kappa shape index (κ3) is 5.93. The zero-order valence-electron chi connectivity index (χ0n) is 17.6. The van der Waals surface area contributed by atoms with Crippen LogP contribution in [0.2, 0.25) is 0 Å². The minimum Gasteiger partial charge on any atom is -0.493 e. The maximum absolute atomic E-state index is 12.0. The van der Waals surface area contributed by atoms with E-state index in [1.54, 1.807) is 18.3 Å². The van der Waals surface area contributed by atoms with E-state index in [4.69, 9.17) is 18.6 Å². The average molecular weight is 430 g/mol. The number of hydrogen-bond donors (Lipinski definition) is 0. The van der Waals surface area contributed by atoms with Gasteiger partial charge in [0.1, 0.15) is 11.5 Å². The van der Waals surface area contributed by atoms with Crippen LogP contribution in [0.4, 0.5) is 0 Å². The number of aromatic nitrogens is 1. The lowest BCUT2D eigenvalue weighted by Crippen LogP contribution is -2.28. The van der Waals surface area contributed by atoms with Crippen LogP contribution in [-0.4, -0.2) is 36.9 Å². The summed E-state index contributed by atoms with van der Waals surface area (Å²) in [6, 6.07) is 9.68. The third-order valence-electron chi connectivity index (χ3n) is 4.53. The van der Waals surface area contributed by atoms with Crippen molar-refractivity contribution in [3.8, 4) is 17.2 Å². The first-order valence-corrected chi connectivity index (χ1v) is 11.0. The molecular weight excluding hydrogens is 402 g/mol. The van der Waals surface area contributed by atoms with Gasteiger partial charge in [0.2, 0.25) is 5.89 Å². The lowest BCUT2D eigenvalue weighted by molar-refractivity contribution is -0.156. The number of rotatable bonds is 11. The van der Waals surface area contributed by atoms with Crippen LogP contribution < -0.4 is 4.74 Å². The van der Waals surface area contributed by atoms with Crippen molar-refractivity contribution in [1.29, 1.82) is 0 Å². The van der Waals surface area contributed by atoms with E-state index in [0.717, 1.165) is 28.3 Å². The average Bonchev–Trinajstić information content (AvgIpc) is 3.39. The van der Waals surface area contributed by atoms with Crippen LogP contribution in [0.15, 0.2) is 45.5 Å². The van der Waals surface area contributed by atoms with E-state index in [0.29, 0.717) is 38.6 Å². The van der Waals surface area contributed by atoms with Crippen LogP contribution in [0, 0.1) is 6.92 Å². The molecule has 2 heterocycles. The topological polar surface area (TPSA) is 70.8 Å².